The van der Waals surface area contributed by atoms with E-state index in [4.69, 9.17) is 43.7 Å². The van der Waals surface area contributed by atoms with Gasteiger partial charge in [-0.05, 0) is 96.1 Å². The van der Waals surface area contributed by atoms with Crippen molar-refractivity contribution in [2.75, 3.05) is 10.6 Å². The summed E-state index contributed by atoms with van der Waals surface area (Å²) in [6, 6.07) is 38.3. The van der Waals surface area contributed by atoms with Gasteiger partial charge in [-0.15, -0.1) is 0 Å². The second-order valence-corrected chi connectivity index (χ2v) is 15.1. The minimum absolute atomic E-state index is 0.0378. The molecule has 0 aliphatic carbocycles. The molecular formula is C46H32Cl2N12O9. The Kier molecular flexibility index (Phi) is 14.9. The number of nitrogens with zero attached hydrogens (tertiary/aromatic N) is 9. The van der Waals surface area contributed by atoms with Crippen molar-refractivity contribution in [3.63, 3.8) is 0 Å². The number of nitrogens with one attached hydrogen (secondary N) is 2. The van der Waals surface area contributed by atoms with Gasteiger partial charge in [0, 0.05) is 33.6 Å². The largest absolute Gasteiger partial charge is 0.439 e. The summed E-state index contributed by atoms with van der Waals surface area (Å²) in [6.45, 7) is 0.0885. The molecule has 4 N–H and O–H groups in total. The number of hydrogen-bond donors (Lipinski definition) is 3. The molecule has 0 atom stereocenters. The molecule has 8 aromatic rings. The van der Waals surface area contributed by atoms with Crippen molar-refractivity contribution in [2.45, 2.75) is 13.1 Å². The number of hydrogen-bond acceptors (Lipinski definition) is 16. The van der Waals surface area contributed by atoms with Crippen LogP contribution in [-0.4, -0.2) is 44.8 Å². The number of carbonyl (C=O) groups excluding carboxylic acids is 1. The van der Waals surface area contributed by atoms with Gasteiger partial charge in [0.15, 0.2) is 0 Å². The van der Waals surface area contributed by atoms with Crippen LogP contribution in [0.1, 0.15) is 27.3 Å². The average molecular weight is 968 g/mol. The summed E-state index contributed by atoms with van der Waals surface area (Å²) < 4.78 is 13.7. The predicted molar refractivity (Wildman–Crippen MR) is 253 cm³/mol. The maximum atomic E-state index is 12.8. The zero-order valence-electron chi connectivity index (χ0n) is 35.3. The van der Waals surface area contributed by atoms with Crippen LogP contribution >= 0.6 is 23.2 Å². The number of aromatic nitrogens is 6. The summed E-state index contributed by atoms with van der Waals surface area (Å²) in [4.78, 5) is 74.1. The zero-order chi connectivity index (χ0) is 49.0. The second-order valence-electron chi connectivity index (χ2n) is 14.2. The number of nitriles is 1. The van der Waals surface area contributed by atoms with E-state index in [1.165, 1.54) is 15.2 Å². The lowest BCUT2D eigenvalue weighted by Crippen LogP contribution is -2.26. The number of anilines is 4. The standard InChI is InChI=1S/C23H17ClN6O5.C23H15ClN6O4/c24-15-6-4-14(5-7-15)13-29-22(32)19(30(33)34)12-26-23(29)27-16-8-10-17(11-9-16)35-20-3-1-2-18(28-20)21(25)31;24-16-6-4-15(5-7-16)14-29-22(31)20(30(32)33)13-26-23(29)28-17-8-10-19(11-9-17)34-21-3-1-2-18(12-25)27-21/h1-12H,13H2,(H2,25,31)(H,26,27);1-11,13H,14H2,(H,26,28). The number of rotatable bonds is 15. The monoisotopic (exact) mass is 966 g/mol. The lowest BCUT2D eigenvalue weighted by atomic mass is 10.2. The van der Waals surface area contributed by atoms with Crippen LogP contribution in [0.4, 0.5) is 34.6 Å². The fraction of sp³-hybridized carbons (Fsp3) is 0.0435. The Morgan fingerprint density at radius 3 is 1.46 bits per heavy atom. The van der Waals surface area contributed by atoms with Gasteiger partial charge in [-0.25, -0.2) is 19.9 Å². The molecule has 4 heterocycles. The normalized spacial score (nSPS) is 10.4. The van der Waals surface area contributed by atoms with Crippen LogP contribution in [0.3, 0.4) is 0 Å². The van der Waals surface area contributed by atoms with Crippen molar-refractivity contribution < 1.29 is 24.1 Å². The van der Waals surface area contributed by atoms with E-state index in [9.17, 15) is 34.6 Å². The van der Waals surface area contributed by atoms with Crippen LogP contribution in [0, 0.1) is 31.6 Å². The van der Waals surface area contributed by atoms with E-state index in [0.29, 0.717) is 44.0 Å². The minimum atomic E-state index is -0.803. The molecule has 344 valence electrons. The van der Waals surface area contributed by atoms with Crippen molar-refractivity contribution >= 4 is 63.8 Å². The molecule has 8 rings (SSSR count). The molecule has 4 aromatic carbocycles. The molecule has 0 aliphatic rings. The summed E-state index contributed by atoms with van der Waals surface area (Å²) in [5.74, 6) is 0.936. The van der Waals surface area contributed by atoms with Gasteiger partial charge in [-0.1, -0.05) is 59.6 Å². The predicted octanol–water partition coefficient (Wildman–Crippen LogP) is 8.54. The Balaban J connectivity index is 0.000000204. The number of carbonyl (C=O) groups is 1. The van der Waals surface area contributed by atoms with E-state index in [1.54, 1.807) is 127 Å². The van der Waals surface area contributed by atoms with Crippen LogP contribution < -0.4 is 37.0 Å². The number of nitrogens with two attached hydrogens (primary N) is 1. The Hall–Kier alpha value is -9.52. The van der Waals surface area contributed by atoms with Crippen molar-refractivity contribution in [2.24, 2.45) is 5.73 Å². The lowest BCUT2D eigenvalue weighted by Gasteiger charge is -2.14. The summed E-state index contributed by atoms with van der Waals surface area (Å²) in [5.41, 5.74) is 5.21. The van der Waals surface area contributed by atoms with Crippen molar-refractivity contribution in [3.8, 4) is 29.3 Å². The Morgan fingerprint density at radius 2 is 1.06 bits per heavy atom. The summed E-state index contributed by atoms with van der Waals surface area (Å²) in [7, 11) is 0. The van der Waals surface area contributed by atoms with Gasteiger partial charge in [0.2, 0.25) is 23.7 Å². The third-order valence-electron chi connectivity index (χ3n) is 9.44. The molecule has 0 spiro atoms. The maximum absolute atomic E-state index is 12.8. The number of halogens is 2. The van der Waals surface area contributed by atoms with E-state index >= 15 is 0 Å². The van der Waals surface area contributed by atoms with E-state index in [0.717, 1.165) is 12.4 Å². The first-order valence-electron chi connectivity index (χ1n) is 19.9. The van der Waals surface area contributed by atoms with Crippen LogP contribution in [0.5, 0.6) is 23.3 Å². The number of amides is 1. The third-order valence-corrected chi connectivity index (χ3v) is 9.94. The molecule has 0 radical (unpaired) electrons. The number of nitro groups is 2. The minimum Gasteiger partial charge on any atom is -0.439 e. The Bertz CT molecular complexity index is 3350. The molecule has 69 heavy (non-hydrogen) atoms. The van der Waals surface area contributed by atoms with Gasteiger partial charge in [0.05, 0.1) is 22.9 Å². The van der Waals surface area contributed by atoms with E-state index in [-0.39, 0.29) is 48.1 Å². The smallest absolute Gasteiger partial charge is 0.352 e. The van der Waals surface area contributed by atoms with Gasteiger partial charge < -0.3 is 25.8 Å². The van der Waals surface area contributed by atoms with Gasteiger partial charge in [-0.2, -0.15) is 5.26 Å². The Labute approximate surface area is 398 Å². The highest BCUT2D eigenvalue weighted by atomic mass is 35.5. The van der Waals surface area contributed by atoms with Crippen LogP contribution in [0.15, 0.2) is 155 Å². The number of pyridine rings is 2. The van der Waals surface area contributed by atoms with Gasteiger partial charge in [0.1, 0.15) is 41.3 Å². The van der Waals surface area contributed by atoms with E-state index in [1.807, 2.05) is 6.07 Å². The van der Waals surface area contributed by atoms with E-state index < -0.39 is 38.2 Å². The highest BCUT2D eigenvalue weighted by Crippen LogP contribution is 2.26. The summed E-state index contributed by atoms with van der Waals surface area (Å²) in [6.07, 6.45) is 1.84. The molecule has 0 aliphatic heterocycles. The molecule has 1 amide bonds. The highest BCUT2D eigenvalue weighted by molar-refractivity contribution is 6.30. The van der Waals surface area contributed by atoms with Crippen LogP contribution in [0.2, 0.25) is 10.0 Å². The first-order valence-corrected chi connectivity index (χ1v) is 20.7. The fourth-order valence-electron chi connectivity index (χ4n) is 6.11. The fourth-order valence-corrected chi connectivity index (χ4v) is 6.36. The topological polar surface area (TPSA) is 291 Å². The number of ether oxygens (including phenoxy) is 2. The SMILES string of the molecule is N#Cc1cccc(Oc2ccc(Nc3ncc([N+](=O)[O-])c(=O)n3Cc3ccc(Cl)cc3)cc2)n1.NC(=O)c1cccc(Oc2ccc(Nc3ncc([N+](=O)[O-])c(=O)n3Cc3ccc(Cl)cc3)cc2)n1. The lowest BCUT2D eigenvalue weighted by molar-refractivity contribution is -0.386. The molecule has 0 unspecified atom stereocenters. The molecule has 0 saturated heterocycles. The van der Waals surface area contributed by atoms with Gasteiger partial charge >= 0.3 is 22.5 Å². The first-order chi connectivity index (χ1) is 33.2. The van der Waals surface area contributed by atoms with Crippen molar-refractivity contribution in [1.29, 1.82) is 5.26 Å². The molecule has 0 bridgehead atoms. The molecule has 4 aromatic heterocycles. The highest BCUT2D eigenvalue weighted by Gasteiger charge is 2.21. The van der Waals surface area contributed by atoms with Crippen LogP contribution in [-0.2, 0) is 13.1 Å². The molecule has 0 saturated carbocycles. The maximum Gasteiger partial charge on any atom is 0.352 e. The zero-order valence-corrected chi connectivity index (χ0v) is 36.8. The summed E-state index contributed by atoms with van der Waals surface area (Å²) in [5, 5.41) is 38.5. The van der Waals surface area contributed by atoms with Gasteiger partial charge in [0.25, 0.3) is 5.91 Å². The number of primary amides is 1. The average Bonchev–Trinajstić information content (AvgIpc) is 3.34. The van der Waals surface area contributed by atoms with E-state index in [2.05, 4.69) is 30.6 Å². The molecular weight excluding hydrogens is 935 g/mol. The summed E-state index contributed by atoms with van der Waals surface area (Å²) >= 11 is 11.8. The van der Waals surface area contributed by atoms with Gasteiger partial charge in [-0.3, -0.25) is 43.7 Å². The third kappa shape index (κ3) is 12.4. The quantitative estimate of drug-likeness (QED) is 0.0640. The first kappa shape index (κ1) is 47.4. The Morgan fingerprint density at radius 1 is 0.638 bits per heavy atom. The second kappa shape index (κ2) is 21.6. The van der Waals surface area contributed by atoms with Crippen molar-refractivity contribution in [3.05, 3.63) is 219 Å². The molecule has 0 fully saturated rings. The van der Waals surface area contributed by atoms with Crippen LogP contribution in [0.25, 0.3) is 0 Å². The van der Waals surface area contributed by atoms with Crippen molar-refractivity contribution in [1.82, 2.24) is 29.1 Å². The molecule has 21 nitrogen and oxygen atoms in total. The number of benzene rings is 4. The molecule has 23 heteroatoms.